The fourth-order valence-electron chi connectivity index (χ4n) is 5.46. The van der Waals surface area contributed by atoms with Gasteiger partial charge in [-0.2, -0.15) is 0 Å². The van der Waals surface area contributed by atoms with Crippen LogP contribution < -0.4 is 0 Å². The first-order valence-corrected chi connectivity index (χ1v) is 14.4. The van der Waals surface area contributed by atoms with Crippen molar-refractivity contribution in [2.75, 3.05) is 14.2 Å². The molecule has 4 aromatic carbocycles. The Hall–Kier alpha value is -3.95. The van der Waals surface area contributed by atoms with E-state index in [2.05, 4.69) is 15.9 Å². The average molecular weight is 603 g/mol. The Bertz CT molecular complexity index is 1960. The molecular formula is C30H23BrN2O5S. The minimum atomic E-state index is -4.22. The van der Waals surface area contributed by atoms with Crippen LogP contribution in [0.25, 0.3) is 32.9 Å². The lowest BCUT2D eigenvalue weighted by Gasteiger charge is -2.18. The van der Waals surface area contributed by atoms with E-state index in [1.165, 1.54) is 11.1 Å². The number of amides is 1. The summed E-state index contributed by atoms with van der Waals surface area (Å²) in [5, 5.41) is 0.980. The van der Waals surface area contributed by atoms with Crippen LogP contribution in [0.2, 0.25) is 0 Å². The average Bonchev–Trinajstić information content (AvgIpc) is 3.42. The summed E-state index contributed by atoms with van der Waals surface area (Å²) in [4.78, 5) is 29.0. The number of carbonyl (C=O) groups excluding carboxylic acids is 2. The van der Waals surface area contributed by atoms with E-state index in [4.69, 9.17) is 4.74 Å². The highest BCUT2D eigenvalue weighted by molar-refractivity contribution is 9.10. The summed E-state index contributed by atoms with van der Waals surface area (Å²) in [6.45, 7) is 2.14. The highest BCUT2D eigenvalue weighted by atomic mass is 79.9. The number of benzene rings is 4. The van der Waals surface area contributed by atoms with E-state index in [0.29, 0.717) is 43.0 Å². The molecule has 0 fully saturated rings. The number of aromatic nitrogens is 1. The predicted octanol–water partition coefficient (Wildman–Crippen LogP) is 6.14. The third kappa shape index (κ3) is 3.64. The molecule has 1 aliphatic heterocycles. The number of esters is 1. The number of fused-ring (bicyclic) bond motifs is 5. The van der Waals surface area contributed by atoms with Crippen LogP contribution in [0, 0.1) is 6.92 Å². The molecule has 0 saturated heterocycles. The smallest absolute Gasteiger partial charge is 0.340 e. The van der Waals surface area contributed by atoms with Gasteiger partial charge < -0.3 is 9.64 Å². The second-order valence-electron chi connectivity index (χ2n) is 9.56. The summed E-state index contributed by atoms with van der Waals surface area (Å²) < 4.78 is 35.9. The Labute approximate surface area is 233 Å². The highest BCUT2D eigenvalue weighted by Crippen LogP contribution is 2.47. The van der Waals surface area contributed by atoms with Gasteiger partial charge >= 0.3 is 5.97 Å². The Morgan fingerprint density at radius 2 is 1.62 bits per heavy atom. The lowest BCUT2D eigenvalue weighted by atomic mass is 9.88. The van der Waals surface area contributed by atoms with Crippen LogP contribution in [-0.2, 0) is 21.3 Å². The van der Waals surface area contributed by atoms with E-state index in [9.17, 15) is 18.0 Å². The summed E-state index contributed by atoms with van der Waals surface area (Å²) in [6, 6.07) is 20.9. The van der Waals surface area contributed by atoms with Crippen LogP contribution in [0.4, 0.5) is 0 Å². The molecule has 0 bridgehead atoms. The van der Waals surface area contributed by atoms with Gasteiger partial charge in [-0.25, -0.2) is 17.2 Å². The zero-order valence-corrected chi connectivity index (χ0v) is 23.8. The molecule has 6 rings (SSSR count). The van der Waals surface area contributed by atoms with Gasteiger partial charge in [0.05, 0.1) is 34.2 Å². The van der Waals surface area contributed by atoms with Gasteiger partial charge in [0.2, 0.25) is 0 Å². The summed E-state index contributed by atoms with van der Waals surface area (Å²) in [7, 11) is -1.25. The maximum absolute atomic E-state index is 14.4. The van der Waals surface area contributed by atoms with Crippen LogP contribution in [0.1, 0.15) is 31.8 Å². The summed E-state index contributed by atoms with van der Waals surface area (Å²) in [5.74, 6) is -0.936. The van der Waals surface area contributed by atoms with Crippen molar-refractivity contribution in [3.05, 3.63) is 99.5 Å². The molecule has 9 heteroatoms. The Morgan fingerprint density at radius 3 is 2.31 bits per heavy atom. The number of halogens is 1. The summed E-state index contributed by atoms with van der Waals surface area (Å²) in [6.07, 6.45) is 0. The molecule has 0 spiro atoms. The van der Waals surface area contributed by atoms with Gasteiger partial charge in [0.15, 0.2) is 0 Å². The number of carbonyl (C=O) groups is 2. The first-order chi connectivity index (χ1) is 18.7. The molecule has 39 heavy (non-hydrogen) atoms. The van der Waals surface area contributed by atoms with Crippen molar-refractivity contribution in [1.29, 1.82) is 0 Å². The lowest BCUT2D eigenvalue weighted by Crippen LogP contribution is -2.18. The number of hydrogen-bond acceptors (Lipinski definition) is 5. The second-order valence-corrected chi connectivity index (χ2v) is 12.2. The predicted molar refractivity (Wildman–Crippen MR) is 153 cm³/mol. The molecule has 0 aliphatic carbocycles. The molecule has 1 amide bonds. The van der Waals surface area contributed by atoms with Crippen molar-refractivity contribution in [3.63, 3.8) is 0 Å². The maximum Gasteiger partial charge on any atom is 0.340 e. The molecule has 0 atom stereocenters. The fourth-order valence-corrected chi connectivity index (χ4v) is 7.47. The zero-order valence-electron chi connectivity index (χ0n) is 21.4. The molecule has 1 aromatic heterocycles. The number of ether oxygens (including phenoxy) is 1. The van der Waals surface area contributed by atoms with Crippen LogP contribution in [-0.4, -0.2) is 43.3 Å². The highest BCUT2D eigenvalue weighted by Gasteiger charge is 2.39. The number of rotatable bonds is 4. The van der Waals surface area contributed by atoms with Gasteiger partial charge in [0, 0.05) is 34.4 Å². The van der Waals surface area contributed by atoms with Crippen LogP contribution in [0.15, 0.2) is 82.2 Å². The third-order valence-corrected chi connectivity index (χ3v) is 9.64. The Balaban J connectivity index is 1.92. The van der Waals surface area contributed by atoms with Crippen LogP contribution in [0.3, 0.4) is 0 Å². The standard InChI is InChI=1S/C30H23BrN2O5S/c1-17-12-14-18(15-13-17)39(36,37)33-23-11-7-5-9-20(23)25-26-21(16-32(2)29(26)34)24(19-8-4-6-10-22(19)31)27(28(25)33)30(35)38-3/h4-15H,16H2,1-3H3. The van der Waals surface area contributed by atoms with Crippen molar-refractivity contribution < 1.29 is 22.7 Å². The number of para-hydroxylation sites is 1. The van der Waals surface area contributed by atoms with Gasteiger partial charge in [-0.1, -0.05) is 70.0 Å². The Kier molecular flexibility index (Phi) is 5.89. The van der Waals surface area contributed by atoms with E-state index in [-0.39, 0.29) is 28.4 Å². The van der Waals surface area contributed by atoms with E-state index in [1.54, 1.807) is 60.5 Å². The topological polar surface area (TPSA) is 85.7 Å². The van der Waals surface area contributed by atoms with E-state index in [1.807, 2.05) is 31.2 Å². The van der Waals surface area contributed by atoms with Crippen molar-refractivity contribution in [1.82, 2.24) is 8.87 Å². The number of aryl methyl sites for hydroxylation is 1. The van der Waals surface area contributed by atoms with Crippen molar-refractivity contribution in [2.24, 2.45) is 0 Å². The lowest BCUT2D eigenvalue weighted by molar-refractivity contribution is 0.0603. The van der Waals surface area contributed by atoms with Crippen molar-refractivity contribution in [3.8, 4) is 11.1 Å². The SMILES string of the molecule is COC(=O)c1c(-c2ccccc2Br)c2c(c3c4ccccc4n(S(=O)(=O)c4ccc(C)cc4)c13)C(=O)N(C)C2. The molecule has 0 saturated carbocycles. The van der Waals surface area contributed by atoms with E-state index < -0.39 is 16.0 Å². The molecule has 0 radical (unpaired) electrons. The Morgan fingerprint density at radius 1 is 0.949 bits per heavy atom. The van der Waals surface area contributed by atoms with Gasteiger partial charge in [0.1, 0.15) is 0 Å². The summed E-state index contributed by atoms with van der Waals surface area (Å²) >= 11 is 3.60. The first kappa shape index (κ1) is 25.3. The molecule has 0 N–H and O–H groups in total. The quantitative estimate of drug-likeness (QED) is 0.231. The monoisotopic (exact) mass is 602 g/mol. The second kappa shape index (κ2) is 9.07. The maximum atomic E-state index is 14.4. The normalized spacial score (nSPS) is 13.3. The third-order valence-electron chi connectivity index (χ3n) is 7.22. The molecule has 5 aromatic rings. The van der Waals surface area contributed by atoms with Crippen molar-refractivity contribution in [2.45, 2.75) is 18.4 Å². The molecule has 0 unspecified atom stereocenters. The molecule has 196 valence electrons. The van der Waals surface area contributed by atoms with E-state index >= 15 is 0 Å². The van der Waals surface area contributed by atoms with Gasteiger partial charge in [0.25, 0.3) is 15.9 Å². The van der Waals surface area contributed by atoms with E-state index in [0.717, 1.165) is 5.56 Å². The number of nitrogens with zero attached hydrogens (tertiary/aromatic N) is 2. The van der Waals surface area contributed by atoms with Crippen LogP contribution >= 0.6 is 15.9 Å². The van der Waals surface area contributed by atoms with Crippen molar-refractivity contribution >= 4 is 59.6 Å². The minimum Gasteiger partial charge on any atom is -0.465 e. The van der Waals surface area contributed by atoms with Crippen LogP contribution in [0.5, 0.6) is 0 Å². The van der Waals surface area contributed by atoms with Gasteiger partial charge in [-0.15, -0.1) is 0 Å². The first-order valence-electron chi connectivity index (χ1n) is 12.2. The molecule has 2 heterocycles. The number of methoxy groups -OCH3 is 1. The fraction of sp³-hybridized carbons (Fsp3) is 0.133. The molecule has 7 nitrogen and oxygen atoms in total. The molecular weight excluding hydrogens is 580 g/mol. The van der Waals surface area contributed by atoms with Gasteiger partial charge in [-0.05, 0) is 42.3 Å². The summed E-state index contributed by atoms with van der Waals surface area (Å²) in [5.41, 5.74) is 3.66. The largest absolute Gasteiger partial charge is 0.465 e. The minimum absolute atomic E-state index is 0.0675. The zero-order chi connectivity index (χ0) is 27.6. The number of hydrogen-bond donors (Lipinski definition) is 0. The van der Waals surface area contributed by atoms with Gasteiger partial charge in [-0.3, -0.25) is 4.79 Å². The molecule has 1 aliphatic rings.